The van der Waals surface area contributed by atoms with Gasteiger partial charge in [-0.3, -0.25) is 57.4 Å². The molecule has 0 aromatic carbocycles. The number of phosphoric acid groups is 1. The summed E-state index contributed by atoms with van der Waals surface area (Å²) >= 11 is 0. The molecule has 0 spiro atoms. The Kier molecular flexibility index (Phi) is 24.7. The fourth-order valence-corrected chi connectivity index (χ4v) is 8.18. The van der Waals surface area contributed by atoms with Crippen molar-refractivity contribution in [2.75, 3.05) is 6.61 Å². The van der Waals surface area contributed by atoms with E-state index in [1.54, 1.807) is 0 Å². The Balaban J connectivity index is 1.48. The van der Waals surface area contributed by atoms with Crippen molar-refractivity contribution in [3.8, 4) is 11.3 Å². The maximum absolute atomic E-state index is 12.8. The molecule has 0 bridgehead atoms. The van der Waals surface area contributed by atoms with Gasteiger partial charge in [0, 0.05) is 38.2 Å². The molecule has 0 radical (unpaired) electrons. The fourth-order valence-electron chi connectivity index (χ4n) is 7.29. The first-order valence-electron chi connectivity index (χ1n) is 23.6. The Hall–Kier alpha value is -8.47. The molecule has 35 nitrogen and oxygen atoms in total. The number of amides is 5. The molecule has 7 unspecified atom stereocenters. The van der Waals surface area contributed by atoms with Crippen LogP contribution in [-0.2, 0) is 72.9 Å². The number of nitrogens with one attached hydrogen (secondary N) is 7. The third kappa shape index (κ3) is 21.1. The van der Waals surface area contributed by atoms with Crippen LogP contribution < -0.4 is 43.3 Å². The second-order valence-electron chi connectivity index (χ2n) is 17.6. The number of hydrogen-bond acceptors (Lipinski definition) is 20. The van der Waals surface area contributed by atoms with Gasteiger partial charge in [-0.1, -0.05) is 0 Å². The van der Waals surface area contributed by atoms with Gasteiger partial charge >= 0.3 is 49.3 Å². The standard InChI is InChI=1S/C44H57N8O27P/c1-18(79-80(76,77)78-17-29(55)35(62)28(54)16-52-27-15-20(53)3-2-19(27)14-21-36(52)50-44(75)51-38(21)64)37(63)49-26(43(73)74)7-12-33(59)47-24(41(69)70)5-10-31(57)45-22(39(65)66)4-9-30(56)46-23(40(67)68)6-11-32(58)48-25(42(71)72)8-13-34(60)61/h2-3,14-15,18,22-26,28-29,35,54-55,62H,4-13,16-17H2,1H3,(H,45,57)(H,46,56)(H,47,59)(H,48,58)(H,49,63)(H,60,61)(H,65,66)(H,67,68)(H,69,70)(H,71,72)(H,73,74)(H,76,77)(H2,50,51,64,75)/t18?,22?,23?,24?,25?,26?,28-,29+,35-/m0/s1. The van der Waals surface area contributed by atoms with Gasteiger partial charge in [0.15, 0.2) is 5.43 Å². The van der Waals surface area contributed by atoms with E-state index < -0.39 is 222 Å². The Labute approximate surface area is 447 Å². The van der Waals surface area contributed by atoms with Crippen LogP contribution in [-0.4, -0.2) is 192 Å². The van der Waals surface area contributed by atoms with E-state index in [9.17, 15) is 117 Å². The van der Waals surface area contributed by atoms with Gasteiger partial charge in [-0.15, -0.1) is 0 Å². The Morgan fingerprint density at radius 1 is 0.588 bits per heavy atom. The Morgan fingerprint density at radius 3 is 1.41 bits per heavy atom. The number of pyridine rings is 1. The number of rotatable bonds is 35. The number of aromatic nitrogens is 3. The summed E-state index contributed by atoms with van der Waals surface area (Å²) in [6.07, 6.45) is -15.1. The summed E-state index contributed by atoms with van der Waals surface area (Å²) in [6.45, 7) is -1.10. The average Bonchev–Trinajstić information content (AvgIpc) is 3.36. The topological polar surface area (TPSA) is 573 Å². The number of fused-ring (bicyclic) bond motifs is 2. The van der Waals surface area contributed by atoms with E-state index in [-0.39, 0.29) is 22.3 Å². The first-order chi connectivity index (χ1) is 37.3. The monoisotopic (exact) mass is 1160 g/mol. The Morgan fingerprint density at radius 2 is 1.00 bits per heavy atom. The van der Waals surface area contributed by atoms with Gasteiger partial charge in [0.1, 0.15) is 60.3 Å². The first kappa shape index (κ1) is 65.8. The summed E-state index contributed by atoms with van der Waals surface area (Å²) in [5.41, 5.74) is -2.16. The smallest absolute Gasteiger partial charge is 0.473 e. The second kappa shape index (κ2) is 30.0. The molecular weight excluding hydrogens is 1100 g/mol. The molecule has 1 aromatic heterocycles. The number of carbonyl (C=O) groups is 11. The molecule has 5 amide bonds. The molecular formula is C44H57N8O27P. The molecule has 1 aliphatic heterocycles. The number of benzene rings is 1. The number of phosphoric ester groups is 1. The number of H-pyrrole nitrogens is 2. The van der Waals surface area contributed by atoms with Crippen LogP contribution in [0.1, 0.15) is 71.1 Å². The highest BCUT2D eigenvalue weighted by atomic mass is 31.2. The van der Waals surface area contributed by atoms with Crippen LogP contribution in [0.5, 0.6) is 0 Å². The van der Waals surface area contributed by atoms with Crippen LogP contribution in [0, 0.1) is 0 Å². The number of carboxylic acids is 6. The van der Waals surface area contributed by atoms with Gasteiger partial charge in [-0.05, 0) is 62.8 Å². The van der Waals surface area contributed by atoms with Crippen LogP contribution in [0.15, 0.2) is 38.6 Å². The summed E-state index contributed by atoms with van der Waals surface area (Å²) in [5, 5.41) is 98.3. The van der Waals surface area contributed by atoms with Crippen molar-refractivity contribution in [1.29, 1.82) is 0 Å². The van der Waals surface area contributed by atoms with Crippen molar-refractivity contribution in [3.05, 3.63) is 55.3 Å². The SMILES string of the molecule is CC(OP(=O)(O)OC[C@@H](O)[C@@H](O)[C@@H](O)Cn1c2cc(=O)ccc-2cc2c(=O)[nH]c(=O)[nH]c21)C(=O)NC(CCC(=O)NC(CCC(=O)NC(CCC(=O)NC(CCC(=O)NC(CCC(=O)O)C(=O)O)C(=O)O)C(=O)O)C(=O)O)C(=O)O. The molecule has 3 rings (SSSR count). The zero-order valence-electron chi connectivity index (χ0n) is 41.8. The number of aliphatic hydroxyl groups is 3. The summed E-state index contributed by atoms with van der Waals surface area (Å²) < 4.78 is 23.2. The number of carbonyl (C=O) groups excluding carboxylic acids is 5. The quantitative estimate of drug-likeness (QED) is 0.0194. The fraction of sp³-hybridized carbons (Fsp3) is 0.500. The predicted octanol–water partition coefficient (Wildman–Crippen LogP) is -5.08. The summed E-state index contributed by atoms with van der Waals surface area (Å²) in [5.74, 6) is -15.4. The molecule has 0 saturated carbocycles. The van der Waals surface area contributed by atoms with Gasteiger partial charge in [-0.25, -0.2) is 33.3 Å². The van der Waals surface area contributed by atoms with Crippen LogP contribution >= 0.6 is 7.82 Å². The van der Waals surface area contributed by atoms with E-state index in [1.165, 1.54) is 18.2 Å². The molecule has 10 atom stereocenters. The van der Waals surface area contributed by atoms with Crippen molar-refractivity contribution >= 4 is 84.2 Å². The van der Waals surface area contributed by atoms with E-state index in [2.05, 4.69) is 9.51 Å². The van der Waals surface area contributed by atoms with Gasteiger partial charge < -0.3 is 82.0 Å². The molecule has 2 heterocycles. The van der Waals surface area contributed by atoms with Gasteiger partial charge in [0.2, 0.25) is 29.5 Å². The first-order valence-corrected chi connectivity index (χ1v) is 25.1. The molecule has 80 heavy (non-hydrogen) atoms. The minimum Gasteiger partial charge on any atom is -0.481 e. The van der Waals surface area contributed by atoms with E-state index in [4.69, 9.17) is 9.63 Å². The molecule has 440 valence electrons. The number of nitrogens with zero attached hydrogens (tertiary/aromatic N) is 1. The third-order valence-corrected chi connectivity index (χ3v) is 12.5. The Bertz CT molecular complexity index is 3010. The number of aliphatic hydroxyl groups excluding tert-OH is 3. The molecule has 17 N–H and O–H groups in total. The highest BCUT2D eigenvalue weighted by Crippen LogP contribution is 2.44. The third-order valence-electron chi connectivity index (χ3n) is 11.5. The zero-order chi connectivity index (χ0) is 60.3. The molecule has 1 aliphatic carbocycles. The lowest BCUT2D eigenvalue weighted by atomic mass is 10.0. The van der Waals surface area contributed by atoms with Crippen LogP contribution in [0.3, 0.4) is 0 Å². The van der Waals surface area contributed by atoms with Crippen molar-refractivity contribution in [2.45, 2.75) is 132 Å². The maximum atomic E-state index is 12.8. The summed E-state index contributed by atoms with van der Waals surface area (Å²) in [6, 6.07) is -3.99. The van der Waals surface area contributed by atoms with Crippen LogP contribution in [0.2, 0.25) is 0 Å². The molecule has 2 aliphatic rings. The van der Waals surface area contributed by atoms with Crippen LogP contribution in [0.25, 0.3) is 22.3 Å². The highest BCUT2D eigenvalue weighted by molar-refractivity contribution is 7.47. The minimum absolute atomic E-state index is 0.0792. The van der Waals surface area contributed by atoms with E-state index in [1.807, 2.05) is 31.6 Å². The summed E-state index contributed by atoms with van der Waals surface area (Å²) in [4.78, 5) is 184. The van der Waals surface area contributed by atoms with Crippen molar-refractivity contribution < 1.29 is 117 Å². The van der Waals surface area contributed by atoms with Crippen LogP contribution in [0.4, 0.5) is 0 Å². The lowest BCUT2D eigenvalue weighted by Gasteiger charge is -2.26. The molecule has 1 aromatic rings. The maximum Gasteiger partial charge on any atom is 0.473 e. The number of aromatic amines is 2. The van der Waals surface area contributed by atoms with Crippen molar-refractivity contribution in [2.24, 2.45) is 0 Å². The largest absolute Gasteiger partial charge is 0.481 e. The molecule has 0 fully saturated rings. The van der Waals surface area contributed by atoms with Crippen molar-refractivity contribution in [1.82, 2.24) is 41.1 Å². The molecule has 0 saturated heterocycles. The lowest BCUT2D eigenvalue weighted by molar-refractivity contribution is -0.144. The number of carboxylic acid groups (broad SMARTS) is 6. The average molecular weight is 1160 g/mol. The number of hydrogen-bond donors (Lipinski definition) is 17. The highest BCUT2D eigenvalue weighted by Gasteiger charge is 2.35. The normalized spacial score (nSPS) is 15.5. The lowest BCUT2D eigenvalue weighted by Crippen LogP contribution is -2.47. The van der Waals surface area contributed by atoms with E-state index in [0.717, 1.165) is 17.6 Å². The van der Waals surface area contributed by atoms with Gasteiger partial charge in [0.25, 0.3) is 5.56 Å². The van der Waals surface area contributed by atoms with E-state index in [0.29, 0.717) is 0 Å². The number of aliphatic carboxylic acids is 6. The minimum atomic E-state index is -5.38. The molecule has 36 heteroatoms. The van der Waals surface area contributed by atoms with Crippen molar-refractivity contribution in [3.63, 3.8) is 0 Å². The second-order valence-corrected chi connectivity index (χ2v) is 19.0. The van der Waals surface area contributed by atoms with Gasteiger partial charge in [-0.2, -0.15) is 0 Å². The summed E-state index contributed by atoms with van der Waals surface area (Å²) in [7, 11) is -5.38. The van der Waals surface area contributed by atoms with E-state index >= 15 is 0 Å². The zero-order valence-corrected chi connectivity index (χ0v) is 42.7. The predicted molar refractivity (Wildman–Crippen MR) is 262 cm³/mol. The van der Waals surface area contributed by atoms with Gasteiger partial charge in [0.05, 0.1) is 24.2 Å².